The summed E-state index contributed by atoms with van der Waals surface area (Å²) in [4.78, 5) is 15.9. The average Bonchev–Trinajstić information content (AvgIpc) is 3.02. The van der Waals surface area contributed by atoms with Gasteiger partial charge in [-0.3, -0.25) is 10.1 Å². The summed E-state index contributed by atoms with van der Waals surface area (Å²) in [6, 6.07) is 9.40. The van der Waals surface area contributed by atoms with Gasteiger partial charge >= 0.3 is 0 Å². The van der Waals surface area contributed by atoms with Crippen molar-refractivity contribution in [3.05, 3.63) is 64.7 Å². The number of thioether (sulfide) groups is 1. The molecule has 0 spiro atoms. The molecule has 3 aromatic rings. The van der Waals surface area contributed by atoms with E-state index in [1.54, 1.807) is 24.3 Å². The number of pyridine rings is 1. The molecule has 0 fully saturated rings. The second kappa shape index (κ2) is 7.69. The van der Waals surface area contributed by atoms with Crippen LogP contribution in [0.5, 0.6) is 0 Å². The van der Waals surface area contributed by atoms with Gasteiger partial charge in [0.15, 0.2) is 4.34 Å². The topological polar surface area (TPSA) is 67.8 Å². The number of aromatic nitrogens is 3. The van der Waals surface area contributed by atoms with Crippen LogP contribution in [0.2, 0.25) is 5.15 Å². The fourth-order valence-corrected chi connectivity index (χ4v) is 3.54. The minimum Gasteiger partial charge on any atom is -0.296 e. The zero-order chi connectivity index (χ0) is 16.9. The van der Waals surface area contributed by atoms with Crippen LogP contribution < -0.4 is 5.32 Å². The van der Waals surface area contributed by atoms with Gasteiger partial charge in [-0.05, 0) is 29.8 Å². The van der Waals surface area contributed by atoms with Crippen molar-refractivity contribution in [3.8, 4) is 0 Å². The van der Waals surface area contributed by atoms with E-state index in [0.717, 1.165) is 5.56 Å². The molecule has 2 heterocycles. The first-order chi connectivity index (χ1) is 11.6. The van der Waals surface area contributed by atoms with Crippen LogP contribution in [-0.4, -0.2) is 21.1 Å². The summed E-state index contributed by atoms with van der Waals surface area (Å²) in [5.41, 5.74) is 1.37. The number of anilines is 1. The summed E-state index contributed by atoms with van der Waals surface area (Å²) in [7, 11) is 0. The molecule has 0 radical (unpaired) electrons. The minimum atomic E-state index is -0.328. The van der Waals surface area contributed by atoms with E-state index in [2.05, 4.69) is 20.5 Å². The van der Waals surface area contributed by atoms with Crippen molar-refractivity contribution in [2.24, 2.45) is 0 Å². The number of hydrogen-bond acceptors (Lipinski definition) is 6. The smallest absolute Gasteiger partial charge is 0.259 e. The SMILES string of the molecule is O=C(Nc1nnc(SCc2ccc(F)cc2)s1)c1ccc(Cl)nc1. The summed E-state index contributed by atoms with van der Waals surface area (Å²) in [6.45, 7) is 0. The average molecular weight is 381 g/mol. The Balaban J connectivity index is 1.58. The molecule has 0 bridgehead atoms. The third-order valence-electron chi connectivity index (χ3n) is 2.89. The van der Waals surface area contributed by atoms with Crippen LogP contribution in [0.25, 0.3) is 0 Å². The molecule has 0 atom stereocenters. The van der Waals surface area contributed by atoms with E-state index in [4.69, 9.17) is 11.6 Å². The van der Waals surface area contributed by atoms with Gasteiger partial charge in [0.2, 0.25) is 5.13 Å². The standard InChI is InChI=1S/C15H10ClFN4OS2/c16-12-6-3-10(7-18-12)13(22)19-14-20-21-15(24-14)23-8-9-1-4-11(17)5-2-9/h1-7H,8H2,(H,19,20,22). The Kier molecular flexibility index (Phi) is 5.39. The van der Waals surface area contributed by atoms with Gasteiger partial charge in [0.25, 0.3) is 5.91 Å². The van der Waals surface area contributed by atoms with Gasteiger partial charge in [-0.15, -0.1) is 10.2 Å². The van der Waals surface area contributed by atoms with Crippen molar-refractivity contribution in [1.29, 1.82) is 0 Å². The number of carbonyl (C=O) groups is 1. The van der Waals surface area contributed by atoms with Crippen molar-refractivity contribution >= 4 is 45.7 Å². The fraction of sp³-hybridized carbons (Fsp3) is 0.0667. The molecule has 0 unspecified atom stereocenters. The van der Waals surface area contributed by atoms with Crippen LogP contribution >= 0.6 is 34.7 Å². The second-order valence-corrected chi connectivity index (χ2v) is 7.20. The predicted octanol–water partition coefficient (Wildman–Crippen LogP) is 4.27. The van der Waals surface area contributed by atoms with Gasteiger partial charge in [0.05, 0.1) is 5.56 Å². The number of amides is 1. The summed E-state index contributed by atoms with van der Waals surface area (Å²) < 4.78 is 13.6. The third kappa shape index (κ3) is 4.50. The molecular formula is C15H10ClFN4OS2. The van der Waals surface area contributed by atoms with Gasteiger partial charge in [-0.25, -0.2) is 9.37 Å². The quantitative estimate of drug-likeness (QED) is 0.406. The number of hydrogen-bond donors (Lipinski definition) is 1. The summed E-state index contributed by atoms with van der Waals surface area (Å²) >= 11 is 8.42. The molecule has 5 nitrogen and oxygen atoms in total. The Morgan fingerprint density at radius 3 is 2.71 bits per heavy atom. The van der Waals surface area contributed by atoms with Gasteiger partial charge in [0, 0.05) is 11.9 Å². The summed E-state index contributed by atoms with van der Waals surface area (Å²) in [6.07, 6.45) is 1.39. The zero-order valence-electron chi connectivity index (χ0n) is 12.1. The van der Waals surface area contributed by atoms with E-state index in [9.17, 15) is 9.18 Å². The van der Waals surface area contributed by atoms with Crippen molar-refractivity contribution in [2.45, 2.75) is 10.1 Å². The van der Waals surface area contributed by atoms with Gasteiger partial charge < -0.3 is 0 Å². The first-order valence-electron chi connectivity index (χ1n) is 6.74. The highest BCUT2D eigenvalue weighted by Gasteiger charge is 2.11. The minimum absolute atomic E-state index is 0.263. The Morgan fingerprint density at radius 2 is 2.00 bits per heavy atom. The maximum atomic E-state index is 12.9. The van der Waals surface area contributed by atoms with Crippen LogP contribution in [0.4, 0.5) is 9.52 Å². The van der Waals surface area contributed by atoms with Crippen LogP contribution in [0.15, 0.2) is 46.9 Å². The summed E-state index contributed by atoms with van der Waals surface area (Å²) in [5, 5.41) is 11.3. The Hall–Kier alpha value is -2.03. The highest BCUT2D eigenvalue weighted by Crippen LogP contribution is 2.28. The van der Waals surface area contributed by atoms with Crippen molar-refractivity contribution in [1.82, 2.24) is 15.2 Å². The first-order valence-corrected chi connectivity index (χ1v) is 8.92. The molecule has 24 heavy (non-hydrogen) atoms. The third-order valence-corrected chi connectivity index (χ3v) is 5.16. The Morgan fingerprint density at radius 1 is 1.21 bits per heavy atom. The van der Waals surface area contributed by atoms with Gasteiger partial charge in [-0.2, -0.15) is 0 Å². The van der Waals surface area contributed by atoms with Crippen molar-refractivity contribution in [3.63, 3.8) is 0 Å². The number of halogens is 2. The molecule has 0 saturated carbocycles. The lowest BCUT2D eigenvalue weighted by Gasteiger charge is -2.00. The number of nitrogens with zero attached hydrogens (tertiary/aromatic N) is 3. The number of rotatable bonds is 5. The number of carbonyl (C=O) groups excluding carboxylic acids is 1. The van der Waals surface area contributed by atoms with Crippen LogP contribution in [0.3, 0.4) is 0 Å². The van der Waals surface area contributed by atoms with Crippen molar-refractivity contribution < 1.29 is 9.18 Å². The highest BCUT2D eigenvalue weighted by atomic mass is 35.5. The van der Waals surface area contributed by atoms with E-state index in [1.165, 1.54) is 41.4 Å². The summed E-state index contributed by atoms with van der Waals surface area (Å²) in [5.74, 6) is 0.0519. The van der Waals surface area contributed by atoms with Gasteiger partial charge in [0.1, 0.15) is 11.0 Å². The highest BCUT2D eigenvalue weighted by molar-refractivity contribution is 8.00. The lowest BCUT2D eigenvalue weighted by Crippen LogP contribution is -2.11. The molecule has 0 aliphatic carbocycles. The molecule has 0 saturated heterocycles. The maximum absolute atomic E-state index is 12.9. The molecule has 3 rings (SSSR count). The Bertz CT molecular complexity index is 839. The molecule has 0 aliphatic rings. The van der Waals surface area contributed by atoms with Crippen LogP contribution in [-0.2, 0) is 5.75 Å². The molecule has 1 amide bonds. The largest absolute Gasteiger partial charge is 0.296 e. The monoisotopic (exact) mass is 380 g/mol. The molecule has 2 aromatic heterocycles. The zero-order valence-corrected chi connectivity index (χ0v) is 14.5. The van der Waals surface area contributed by atoms with Gasteiger partial charge in [-0.1, -0.05) is 46.8 Å². The molecule has 1 N–H and O–H groups in total. The number of nitrogens with one attached hydrogen (secondary N) is 1. The van der Waals surface area contributed by atoms with Crippen LogP contribution in [0.1, 0.15) is 15.9 Å². The molecule has 0 aliphatic heterocycles. The fourth-order valence-electron chi connectivity index (χ4n) is 1.72. The molecule has 122 valence electrons. The van der Waals surface area contributed by atoms with E-state index < -0.39 is 0 Å². The number of benzene rings is 1. The normalized spacial score (nSPS) is 10.6. The van der Waals surface area contributed by atoms with E-state index in [-0.39, 0.29) is 11.7 Å². The molecule has 1 aromatic carbocycles. The second-order valence-electron chi connectivity index (χ2n) is 4.61. The van der Waals surface area contributed by atoms with E-state index in [0.29, 0.717) is 25.9 Å². The van der Waals surface area contributed by atoms with Crippen molar-refractivity contribution in [2.75, 3.05) is 5.32 Å². The molecule has 9 heteroatoms. The maximum Gasteiger partial charge on any atom is 0.259 e. The van der Waals surface area contributed by atoms with E-state index >= 15 is 0 Å². The molecular weight excluding hydrogens is 371 g/mol. The Labute approximate surface area is 150 Å². The van der Waals surface area contributed by atoms with E-state index in [1.807, 2.05) is 0 Å². The lowest BCUT2D eigenvalue weighted by molar-refractivity contribution is 0.102. The lowest BCUT2D eigenvalue weighted by atomic mass is 10.2. The van der Waals surface area contributed by atoms with Crippen LogP contribution in [0, 0.1) is 5.82 Å². The predicted molar refractivity (Wildman–Crippen MR) is 93.1 cm³/mol. The first kappa shape index (κ1) is 16.8.